The Balaban J connectivity index is 1.72. The Bertz CT molecular complexity index is 207. The molecule has 0 radical (unpaired) electrons. The van der Waals surface area contributed by atoms with Crippen molar-refractivity contribution in [2.45, 2.75) is 70.3 Å². The topological polar surface area (TPSA) is 21.3 Å². The van der Waals surface area contributed by atoms with Crippen LogP contribution in [0.1, 0.15) is 64.2 Å². The fourth-order valence-corrected chi connectivity index (χ4v) is 3.40. The Morgan fingerprint density at radius 2 is 1.82 bits per heavy atom. The molecule has 0 amide bonds. The summed E-state index contributed by atoms with van der Waals surface area (Å²) in [5.74, 6) is 0. The molecule has 17 heavy (non-hydrogen) atoms. The first-order valence-corrected chi connectivity index (χ1v) is 7.57. The van der Waals surface area contributed by atoms with Crippen molar-refractivity contribution in [2.24, 2.45) is 5.41 Å². The van der Waals surface area contributed by atoms with Gasteiger partial charge in [-0.2, -0.15) is 0 Å². The van der Waals surface area contributed by atoms with E-state index in [-0.39, 0.29) is 0 Å². The molecule has 2 aliphatic carbocycles. The Morgan fingerprint density at radius 1 is 1.06 bits per heavy atom. The summed E-state index contributed by atoms with van der Waals surface area (Å²) in [6.07, 6.45) is 14.1. The van der Waals surface area contributed by atoms with Gasteiger partial charge in [-0.05, 0) is 50.5 Å². The van der Waals surface area contributed by atoms with Gasteiger partial charge in [0, 0.05) is 19.8 Å². The van der Waals surface area contributed by atoms with E-state index in [4.69, 9.17) is 4.74 Å². The monoisotopic (exact) mass is 239 g/mol. The van der Waals surface area contributed by atoms with E-state index < -0.39 is 0 Å². The van der Waals surface area contributed by atoms with Crippen molar-refractivity contribution in [2.75, 3.05) is 20.3 Å². The molecule has 2 fully saturated rings. The maximum atomic E-state index is 5.31. The predicted octanol–water partition coefficient (Wildman–Crippen LogP) is 3.51. The summed E-state index contributed by atoms with van der Waals surface area (Å²) in [5.41, 5.74) is 0.602. The van der Waals surface area contributed by atoms with Gasteiger partial charge in [-0.15, -0.1) is 0 Å². The minimum absolute atomic E-state index is 0.602. The molecule has 100 valence electrons. The molecule has 0 atom stereocenters. The molecular formula is C15H29NO. The van der Waals surface area contributed by atoms with Gasteiger partial charge < -0.3 is 10.1 Å². The first-order valence-electron chi connectivity index (χ1n) is 7.57. The zero-order valence-electron chi connectivity index (χ0n) is 11.5. The quantitative estimate of drug-likeness (QED) is 0.734. The lowest BCUT2D eigenvalue weighted by Gasteiger charge is -2.38. The van der Waals surface area contributed by atoms with Gasteiger partial charge in [0.05, 0.1) is 0 Å². The van der Waals surface area contributed by atoms with Gasteiger partial charge in [0.2, 0.25) is 0 Å². The van der Waals surface area contributed by atoms with Gasteiger partial charge in [-0.3, -0.25) is 0 Å². The summed E-state index contributed by atoms with van der Waals surface area (Å²) in [6, 6.07) is 0.845. The van der Waals surface area contributed by atoms with Gasteiger partial charge >= 0.3 is 0 Å². The maximum Gasteiger partial charge on any atom is 0.0467 e. The van der Waals surface area contributed by atoms with Crippen LogP contribution in [-0.4, -0.2) is 26.3 Å². The minimum atomic E-state index is 0.602. The van der Waals surface area contributed by atoms with Crippen molar-refractivity contribution >= 4 is 0 Å². The minimum Gasteiger partial charge on any atom is -0.385 e. The molecule has 0 aliphatic heterocycles. The third kappa shape index (κ3) is 3.96. The zero-order chi connectivity index (χ0) is 12.0. The molecule has 2 heteroatoms. The van der Waals surface area contributed by atoms with Gasteiger partial charge in [-0.1, -0.05) is 25.7 Å². The fraction of sp³-hybridized carbons (Fsp3) is 1.00. The van der Waals surface area contributed by atoms with Crippen molar-refractivity contribution in [3.05, 3.63) is 0 Å². The molecule has 2 saturated carbocycles. The number of hydrogen-bond donors (Lipinski definition) is 1. The Morgan fingerprint density at radius 3 is 2.41 bits per heavy atom. The first-order chi connectivity index (χ1) is 8.35. The molecular weight excluding hydrogens is 210 g/mol. The molecule has 0 aromatic carbocycles. The molecule has 0 bridgehead atoms. The van der Waals surface area contributed by atoms with Crippen LogP contribution in [0.4, 0.5) is 0 Å². The van der Waals surface area contributed by atoms with Gasteiger partial charge in [0.1, 0.15) is 0 Å². The van der Waals surface area contributed by atoms with Crippen LogP contribution in [0.25, 0.3) is 0 Å². The van der Waals surface area contributed by atoms with Crippen molar-refractivity contribution in [1.82, 2.24) is 5.32 Å². The molecule has 2 aliphatic rings. The van der Waals surface area contributed by atoms with Crippen LogP contribution in [0.15, 0.2) is 0 Å². The molecule has 2 rings (SSSR count). The van der Waals surface area contributed by atoms with E-state index in [1.165, 1.54) is 70.8 Å². The number of ether oxygens (including phenoxy) is 1. The third-order valence-corrected chi connectivity index (χ3v) is 4.94. The highest BCUT2D eigenvalue weighted by atomic mass is 16.5. The zero-order valence-corrected chi connectivity index (χ0v) is 11.5. The van der Waals surface area contributed by atoms with Crippen LogP contribution in [-0.2, 0) is 4.74 Å². The standard InChI is InChI=1S/C15H29NO/c1-17-13-11-15(8-3-2-4-9-15)10-12-16-14-6-5-7-14/h14,16H,2-13H2,1H3. The van der Waals surface area contributed by atoms with E-state index in [1.807, 2.05) is 7.11 Å². The average Bonchev–Trinajstić information content (AvgIpc) is 2.31. The molecule has 0 saturated heterocycles. The molecule has 0 spiro atoms. The van der Waals surface area contributed by atoms with Crippen LogP contribution < -0.4 is 5.32 Å². The smallest absolute Gasteiger partial charge is 0.0467 e. The van der Waals surface area contributed by atoms with Crippen molar-refractivity contribution < 1.29 is 4.74 Å². The van der Waals surface area contributed by atoms with Crippen molar-refractivity contribution in [3.63, 3.8) is 0 Å². The number of hydrogen-bond acceptors (Lipinski definition) is 2. The number of rotatable bonds is 7. The van der Waals surface area contributed by atoms with E-state index in [2.05, 4.69) is 5.32 Å². The molecule has 0 aromatic rings. The fourth-order valence-electron chi connectivity index (χ4n) is 3.40. The average molecular weight is 239 g/mol. The Labute approximate surface area is 107 Å². The van der Waals surface area contributed by atoms with E-state index >= 15 is 0 Å². The molecule has 0 aromatic heterocycles. The molecule has 2 nitrogen and oxygen atoms in total. The van der Waals surface area contributed by atoms with Crippen molar-refractivity contribution in [3.8, 4) is 0 Å². The second-order valence-corrected chi connectivity index (χ2v) is 6.14. The largest absolute Gasteiger partial charge is 0.385 e. The lowest BCUT2D eigenvalue weighted by molar-refractivity contribution is 0.0928. The number of nitrogens with one attached hydrogen (secondary N) is 1. The van der Waals surface area contributed by atoms with E-state index in [0.717, 1.165) is 12.6 Å². The van der Waals surface area contributed by atoms with Crippen molar-refractivity contribution in [1.29, 1.82) is 0 Å². The second kappa shape index (κ2) is 6.75. The van der Waals surface area contributed by atoms with Gasteiger partial charge in [0.15, 0.2) is 0 Å². The summed E-state index contributed by atoms with van der Waals surface area (Å²) in [5, 5.41) is 3.73. The first kappa shape index (κ1) is 13.4. The maximum absolute atomic E-state index is 5.31. The van der Waals surface area contributed by atoms with Crippen LogP contribution >= 0.6 is 0 Å². The second-order valence-electron chi connectivity index (χ2n) is 6.14. The van der Waals surface area contributed by atoms with Gasteiger partial charge in [0.25, 0.3) is 0 Å². The highest BCUT2D eigenvalue weighted by molar-refractivity contribution is 4.85. The van der Waals surface area contributed by atoms with Crippen LogP contribution in [0, 0.1) is 5.41 Å². The Kier molecular flexibility index (Phi) is 5.30. The normalized spacial score (nSPS) is 24.5. The van der Waals surface area contributed by atoms with E-state index in [1.54, 1.807) is 0 Å². The SMILES string of the molecule is COCCC1(CCNC2CCC2)CCCCC1. The van der Waals surface area contributed by atoms with Gasteiger partial charge in [-0.25, -0.2) is 0 Å². The lowest BCUT2D eigenvalue weighted by atomic mass is 9.70. The van der Waals surface area contributed by atoms with Crippen LogP contribution in [0.2, 0.25) is 0 Å². The lowest BCUT2D eigenvalue weighted by Crippen LogP contribution is -2.38. The van der Waals surface area contributed by atoms with Crippen LogP contribution in [0.3, 0.4) is 0 Å². The predicted molar refractivity (Wildman–Crippen MR) is 72.3 cm³/mol. The Hall–Kier alpha value is -0.0800. The summed E-state index contributed by atoms with van der Waals surface area (Å²) < 4.78 is 5.31. The van der Waals surface area contributed by atoms with Crippen LogP contribution in [0.5, 0.6) is 0 Å². The highest BCUT2D eigenvalue weighted by Gasteiger charge is 2.31. The summed E-state index contributed by atoms with van der Waals surface area (Å²) in [7, 11) is 1.84. The highest BCUT2D eigenvalue weighted by Crippen LogP contribution is 2.42. The van der Waals surface area contributed by atoms with E-state index in [0.29, 0.717) is 5.41 Å². The summed E-state index contributed by atoms with van der Waals surface area (Å²) in [4.78, 5) is 0. The molecule has 0 heterocycles. The number of methoxy groups -OCH3 is 1. The molecule has 0 unspecified atom stereocenters. The third-order valence-electron chi connectivity index (χ3n) is 4.94. The summed E-state index contributed by atoms with van der Waals surface area (Å²) >= 11 is 0. The summed E-state index contributed by atoms with van der Waals surface area (Å²) in [6.45, 7) is 2.18. The molecule has 1 N–H and O–H groups in total. The van der Waals surface area contributed by atoms with E-state index in [9.17, 15) is 0 Å².